The number of alkyl halides is 2. The standard InChI is InChI=1S/C51H58F2N4O11/c1-29(55-43(63)27-54-42(62)10-5-4-6-19-57-44(64)15-16-45(57)65)46(66)56-34-9-7-8-31(21-34)20-30-11-13-32(14-12-30)47-67-41-24-37-38-22-33(26-52)36-23-35(59)17-18-48(36,2)50(38,53)39(60)25-49(37,3)51(41,68-47)40(61)28-58/h7-9,11-18,21,23,29,33,37-39,41,47,58,60H,4-6,10,19-20,22,24-28H2,1-3H3,(H,54,62)(H,55,63)(H,56,66)/t29-,33+,37?,38-,39-,41+,47+,48-,49-,50-,51+/m0/s1. The molecule has 2 aliphatic heterocycles. The molecule has 68 heavy (non-hydrogen) atoms. The smallest absolute Gasteiger partial charge is 0.253 e. The van der Waals surface area contributed by atoms with Crippen LogP contribution in [0.5, 0.6) is 0 Å². The molecule has 4 aliphatic carbocycles. The zero-order chi connectivity index (χ0) is 48.8. The maximum Gasteiger partial charge on any atom is 0.253 e. The molecule has 362 valence electrons. The van der Waals surface area contributed by atoms with Crippen molar-refractivity contribution >= 4 is 46.8 Å². The average molecular weight is 941 g/mol. The van der Waals surface area contributed by atoms with Gasteiger partial charge in [-0.25, -0.2) is 4.39 Å². The SMILES string of the molecule is C[C@H](NC(=O)CNC(=O)CCCCCN1C(=O)C=CC1=O)C(=O)Nc1cccc(Cc2ccc([C@@H]3O[C@@H]4CC5[C@@H]6C[C@H](CF)C7=CC(=O)C=C[C@]7(C)[C@@]6(F)[C@@H](O)C[C@]5(C)[C@]4(C(=O)CO)O3)cc2)c1. The molecule has 1 unspecified atom stereocenters. The van der Waals surface area contributed by atoms with Gasteiger partial charge in [0.25, 0.3) is 11.8 Å². The van der Waals surface area contributed by atoms with E-state index in [0.29, 0.717) is 42.5 Å². The summed E-state index contributed by atoms with van der Waals surface area (Å²) in [5.74, 6) is -5.32. The number of ether oxygens (including phenoxy) is 2. The molecule has 17 heteroatoms. The Bertz CT molecular complexity index is 2460. The average Bonchev–Trinajstić information content (AvgIpc) is 3.94. The summed E-state index contributed by atoms with van der Waals surface area (Å²) in [5.41, 5.74) is -3.49. The molecular formula is C51H58F2N4O11. The third-order valence-electron chi connectivity index (χ3n) is 15.6. The van der Waals surface area contributed by atoms with Crippen LogP contribution in [0, 0.1) is 28.6 Å². The zero-order valence-electron chi connectivity index (χ0n) is 38.3. The van der Waals surface area contributed by atoms with Crippen molar-refractivity contribution in [3.63, 3.8) is 0 Å². The molecule has 3 saturated carbocycles. The number of aliphatic hydroxyl groups excluding tert-OH is 2. The van der Waals surface area contributed by atoms with Crippen molar-refractivity contribution in [2.24, 2.45) is 28.6 Å². The lowest BCUT2D eigenvalue weighted by Crippen LogP contribution is -2.70. The fraction of sp³-hybridized carbons (Fsp3) is 0.510. The van der Waals surface area contributed by atoms with Gasteiger partial charge in [-0.3, -0.25) is 42.9 Å². The number of allylic oxidation sites excluding steroid dienone is 4. The van der Waals surface area contributed by atoms with E-state index >= 15 is 4.39 Å². The van der Waals surface area contributed by atoms with Crippen LogP contribution in [0.1, 0.15) is 88.7 Å². The Hall–Kier alpha value is -5.75. The summed E-state index contributed by atoms with van der Waals surface area (Å²) in [4.78, 5) is 88.6. The summed E-state index contributed by atoms with van der Waals surface area (Å²) in [6, 6.07) is 13.6. The maximum absolute atomic E-state index is 17.9. The first-order chi connectivity index (χ1) is 32.4. The first-order valence-corrected chi connectivity index (χ1v) is 23.3. The highest BCUT2D eigenvalue weighted by Gasteiger charge is 2.80. The number of imide groups is 1. The molecule has 11 atom stereocenters. The number of hydrogen-bond donors (Lipinski definition) is 5. The highest BCUT2D eigenvalue weighted by molar-refractivity contribution is 6.12. The van der Waals surface area contributed by atoms with E-state index in [1.54, 1.807) is 44.2 Å². The molecule has 2 aromatic rings. The highest BCUT2D eigenvalue weighted by Crippen LogP contribution is 2.73. The quantitative estimate of drug-likeness (QED) is 0.112. The summed E-state index contributed by atoms with van der Waals surface area (Å²) in [6.45, 7) is 3.17. The van der Waals surface area contributed by atoms with Crippen LogP contribution in [0.2, 0.25) is 0 Å². The Morgan fingerprint density at radius 2 is 1.66 bits per heavy atom. The number of fused-ring (bicyclic) bond motifs is 7. The number of anilines is 1. The van der Waals surface area contributed by atoms with Crippen LogP contribution in [0.25, 0.3) is 0 Å². The van der Waals surface area contributed by atoms with E-state index in [4.69, 9.17) is 9.47 Å². The van der Waals surface area contributed by atoms with E-state index in [0.717, 1.165) is 16.0 Å². The second-order valence-corrected chi connectivity index (χ2v) is 19.5. The predicted octanol–water partition coefficient (Wildman–Crippen LogP) is 4.21. The van der Waals surface area contributed by atoms with E-state index in [1.165, 1.54) is 37.3 Å². The van der Waals surface area contributed by atoms with Crippen molar-refractivity contribution in [1.82, 2.24) is 15.5 Å². The summed E-state index contributed by atoms with van der Waals surface area (Å²) >= 11 is 0. The monoisotopic (exact) mass is 940 g/mol. The Morgan fingerprint density at radius 3 is 2.37 bits per heavy atom. The molecule has 15 nitrogen and oxygen atoms in total. The number of unbranched alkanes of at least 4 members (excludes halogenated alkanes) is 2. The van der Waals surface area contributed by atoms with E-state index in [2.05, 4.69) is 16.0 Å². The lowest BCUT2D eigenvalue weighted by atomic mass is 9.43. The van der Waals surface area contributed by atoms with Crippen LogP contribution in [0.15, 0.2) is 84.5 Å². The number of nitrogens with one attached hydrogen (secondary N) is 3. The third kappa shape index (κ3) is 8.45. The molecule has 4 fully saturated rings. The number of Topliss-reactive ketones (excluding diaryl/α,β-unsaturated/α-hetero) is 1. The van der Waals surface area contributed by atoms with Crippen LogP contribution in [0.4, 0.5) is 14.5 Å². The molecule has 8 rings (SSSR count). The van der Waals surface area contributed by atoms with Crippen LogP contribution < -0.4 is 16.0 Å². The van der Waals surface area contributed by atoms with E-state index in [-0.39, 0.29) is 62.3 Å². The highest BCUT2D eigenvalue weighted by atomic mass is 19.1. The van der Waals surface area contributed by atoms with Crippen molar-refractivity contribution in [3.05, 3.63) is 101 Å². The molecular weight excluding hydrogens is 883 g/mol. The first-order valence-electron chi connectivity index (χ1n) is 23.3. The van der Waals surface area contributed by atoms with Gasteiger partial charge in [0.15, 0.2) is 29.1 Å². The van der Waals surface area contributed by atoms with Gasteiger partial charge in [-0.1, -0.05) is 55.8 Å². The molecule has 0 bridgehead atoms. The number of nitrogens with zero attached hydrogens (tertiary/aromatic N) is 1. The third-order valence-corrected chi connectivity index (χ3v) is 15.6. The summed E-state index contributed by atoms with van der Waals surface area (Å²) < 4.78 is 45.8. The first kappa shape index (κ1) is 48.7. The van der Waals surface area contributed by atoms with E-state index in [9.17, 15) is 48.2 Å². The zero-order valence-corrected chi connectivity index (χ0v) is 38.3. The largest absolute Gasteiger partial charge is 0.390 e. The lowest BCUT2D eigenvalue weighted by molar-refractivity contribution is -0.235. The second-order valence-electron chi connectivity index (χ2n) is 19.5. The maximum atomic E-state index is 17.9. The number of ketones is 2. The number of rotatable bonds is 17. The van der Waals surface area contributed by atoms with E-state index in [1.807, 2.05) is 18.2 Å². The van der Waals surface area contributed by atoms with Gasteiger partial charge in [0, 0.05) is 59.0 Å². The van der Waals surface area contributed by atoms with Gasteiger partial charge in [0.1, 0.15) is 12.6 Å². The van der Waals surface area contributed by atoms with Gasteiger partial charge in [-0.2, -0.15) is 0 Å². The summed E-state index contributed by atoms with van der Waals surface area (Å²) in [5, 5.41) is 30.2. The fourth-order valence-corrected chi connectivity index (χ4v) is 12.1. The molecule has 2 heterocycles. The van der Waals surface area contributed by atoms with Gasteiger partial charge in [0.2, 0.25) is 17.7 Å². The summed E-state index contributed by atoms with van der Waals surface area (Å²) in [6.07, 6.45) is 5.22. The van der Waals surface area contributed by atoms with Gasteiger partial charge >= 0.3 is 0 Å². The molecule has 6 aliphatic rings. The minimum Gasteiger partial charge on any atom is -0.390 e. The molecule has 0 aromatic heterocycles. The molecule has 0 radical (unpaired) electrons. The Balaban J connectivity index is 0.846. The van der Waals surface area contributed by atoms with Gasteiger partial charge in [-0.15, -0.1) is 0 Å². The van der Waals surface area contributed by atoms with Gasteiger partial charge < -0.3 is 35.6 Å². The molecule has 1 saturated heterocycles. The fourth-order valence-electron chi connectivity index (χ4n) is 12.1. The number of amides is 5. The predicted molar refractivity (Wildman–Crippen MR) is 241 cm³/mol. The number of hydrogen-bond acceptors (Lipinski definition) is 11. The van der Waals surface area contributed by atoms with Crippen molar-refractivity contribution in [3.8, 4) is 0 Å². The van der Waals surface area contributed by atoms with Gasteiger partial charge in [0.05, 0.1) is 25.4 Å². The number of aliphatic hydroxyl groups is 2. The summed E-state index contributed by atoms with van der Waals surface area (Å²) in [7, 11) is 0. The Morgan fingerprint density at radius 1 is 0.926 bits per heavy atom. The van der Waals surface area contributed by atoms with Crippen molar-refractivity contribution < 1.29 is 62.0 Å². The minimum atomic E-state index is -2.28. The second kappa shape index (κ2) is 19.0. The van der Waals surface area contributed by atoms with Crippen LogP contribution in [-0.4, -0.2) is 112 Å². The number of carbonyl (C=O) groups excluding carboxylic acids is 7. The van der Waals surface area contributed by atoms with Crippen LogP contribution in [-0.2, 0) is 49.5 Å². The molecule has 2 aromatic carbocycles. The number of carbonyl (C=O) groups is 7. The van der Waals surface area contributed by atoms with Crippen LogP contribution >= 0.6 is 0 Å². The van der Waals surface area contributed by atoms with Gasteiger partial charge in [-0.05, 0) is 99.3 Å². The van der Waals surface area contributed by atoms with Crippen molar-refractivity contribution in [1.29, 1.82) is 0 Å². The number of benzene rings is 2. The van der Waals surface area contributed by atoms with Crippen molar-refractivity contribution in [2.45, 2.75) is 108 Å². The number of halogens is 2. The van der Waals surface area contributed by atoms with Crippen LogP contribution in [0.3, 0.4) is 0 Å². The normalized spacial score (nSPS) is 32.7. The topological polar surface area (TPSA) is 218 Å². The Kier molecular flexibility index (Phi) is 13.6. The van der Waals surface area contributed by atoms with E-state index < -0.39 is 95.3 Å². The molecule has 5 N–H and O–H groups in total. The van der Waals surface area contributed by atoms with Crippen molar-refractivity contribution in [2.75, 3.05) is 31.7 Å². The lowest BCUT2D eigenvalue weighted by Gasteiger charge is -2.63. The molecule has 5 amide bonds. The Labute approximate surface area is 392 Å². The molecule has 0 spiro atoms. The minimum absolute atomic E-state index is 0.0168.